The van der Waals surface area contributed by atoms with Crippen LogP contribution in [0.4, 0.5) is 0 Å². The van der Waals surface area contributed by atoms with E-state index in [1.807, 2.05) is 24.3 Å². The smallest absolute Gasteiger partial charge is 0.186 e. The van der Waals surface area contributed by atoms with Crippen molar-refractivity contribution in [3.05, 3.63) is 30.5 Å². The largest absolute Gasteiger partial charge is 0.496 e. The monoisotopic (exact) mass is 301 g/mol. The topological polar surface area (TPSA) is 56.3 Å². The molecule has 0 fully saturated rings. The lowest BCUT2D eigenvalue weighted by Crippen LogP contribution is -1.91. The number of hydrogen-bond donors (Lipinski definition) is 0. The lowest BCUT2D eigenvalue weighted by Gasteiger charge is -2.04. The third kappa shape index (κ3) is 3.04. The highest BCUT2D eigenvalue weighted by molar-refractivity contribution is 8.01. The van der Waals surface area contributed by atoms with Gasteiger partial charge in [0.2, 0.25) is 0 Å². The summed E-state index contributed by atoms with van der Waals surface area (Å²) in [4.78, 5) is 5.01. The molecule has 0 bridgehead atoms. The standard InChI is InChI=1S/C11H11NO3S3/c1-15-8-5-3-4-6-9(8)16-11-12-7-10(17-11)18(2,13)14/h3-7H,1-2H3. The number of rotatable bonds is 4. The molecule has 0 amide bonds. The molecule has 0 unspecified atom stereocenters. The first-order valence-electron chi connectivity index (χ1n) is 4.97. The van der Waals surface area contributed by atoms with Crippen molar-refractivity contribution in [3.8, 4) is 5.75 Å². The van der Waals surface area contributed by atoms with Gasteiger partial charge in [0.25, 0.3) is 0 Å². The molecular formula is C11H11NO3S3. The van der Waals surface area contributed by atoms with Crippen LogP contribution >= 0.6 is 23.1 Å². The summed E-state index contributed by atoms with van der Waals surface area (Å²) in [6, 6.07) is 7.54. The Labute approximate surface area is 114 Å². The van der Waals surface area contributed by atoms with Gasteiger partial charge in [0.1, 0.15) is 9.96 Å². The molecule has 0 aliphatic carbocycles. The number of hydrogen-bond acceptors (Lipinski definition) is 6. The van der Waals surface area contributed by atoms with Crippen LogP contribution in [0.2, 0.25) is 0 Å². The van der Waals surface area contributed by atoms with Crippen LogP contribution in [0.25, 0.3) is 0 Å². The minimum atomic E-state index is -3.18. The van der Waals surface area contributed by atoms with E-state index in [-0.39, 0.29) is 4.21 Å². The number of ether oxygens (including phenoxy) is 1. The Kier molecular flexibility index (Phi) is 3.94. The average molecular weight is 301 g/mol. The molecule has 18 heavy (non-hydrogen) atoms. The fourth-order valence-electron chi connectivity index (χ4n) is 1.26. The summed E-state index contributed by atoms with van der Waals surface area (Å²) in [5.74, 6) is 0.749. The van der Waals surface area contributed by atoms with Crippen molar-refractivity contribution >= 4 is 32.9 Å². The zero-order valence-corrected chi connectivity index (χ0v) is 12.2. The number of methoxy groups -OCH3 is 1. The van der Waals surface area contributed by atoms with Crippen molar-refractivity contribution in [1.82, 2.24) is 4.98 Å². The molecular weight excluding hydrogens is 290 g/mol. The zero-order chi connectivity index (χ0) is 13.2. The second-order valence-electron chi connectivity index (χ2n) is 3.47. The van der Waals surface area contributed by atoms with Gasteiger partial charge in [-0.1, -0.05) is 35.2 Å². The molecule has 0 saturated heterocycles. The van der Waals surface area contributed by atoms with Gasteiger partial charge in [0.05, 0.1) is 18.2 Å². The van der Waals surface area contributed by atoms with Crippen molar-refractivity contribution in [2.45, 2.75) is 13.4 Å². The maximum Gasteiger partial charge on any atom is 0.186 e. The number of aromatic nitrogens is 1. The van der Waals surface area contributed by atoms with Crippen molar-refractivity contribution < 1.29 is 13.2 Å². The van der Waals surface area contributed by atoms with Gasteiger partial charge >= 0.3 is 0 Å². The van der Waals surface area contributed by atoms with E-state index >= 15 is 0 Å². The van der Waals surface area contributed by atoms with Gasteiger partial charge in [-0.05, 0) is 12.1 Å². The first kappa shape index (κ1) is 13.4. The maximum absolute atomic E-state index is 11.4. The van der Waals surface area contributed by atoms with Crippen LogP contribution in [0.15, 0.2) is 43.9 Å². The molecule has 4 nitrogen and oxygen atoms in total. The lowest BCUT2D eigenvalue weighted by molar-refractivity contribution is 0.405. The lowest BCUT2D eigenvalue weighted by atomic mass is 10.3. The molecule has 0 spiro atoms. The molecule has 2 aromatic rings. The van der Waals surface area contributed by atoms with Crippen LogP contribution < -0.4 is 4.74 Å². The van der Waals surface area contributed by atoms with E-state index < -0.39 is 9.84 Å². The summed E-state index contributed by atoms with van der Waals surface area (Å²) < 4.78 is 28.9. The van der Waals surface area contributed by atoms with E-state index in [2.05, 4.69) is 4.98 Å². The molecule has 96 valence electrons. The molecule has 1 aromatic heterocycles. The van der Waals surface area contributed by atoms with Gasteiger partial charge in [0, 0.05) is 6.26 Å². The summed E-state index contributed by atoms with van der Waals surface area (Å²) in [5.41, 5.74) is 0. The van der Waals surface area contributed by atoms with Gasteiger partial charge in [-0.2, -0.15) is 0 Å². The van der Waals surface area contributed by atoms with Crippen molar-refractivity contribution in [2.75, 3.05) is 13.4 Å². The molecule has 0 N–H and O–H groups in total. The van der Waals surface area contributed by atoms with Crippen molar-refractivity contribution in [1.29, 1.82) is 0 Å². The van der Waals surface area contributed by atoms with Gasteiger partial charge in [-0.25, -0.2) is 13.4 Å². The Hall–Kier alpha value is -1.05. The van der Waals surface area contributed by atoms with E-state index in [1.54, 1.807) is 7.11 Å². The Balaban J connectivity index is 2.27. The Morgan fingerprint density at radius 1 is 1.33 bits per heavy atom. The molecule has 7 heteroatoms. The van der Waals surface area contributed by atoms with Crippen LogP contribution in [0.1, 0.15) is 0 Å². The van der Waals surface area contributed by atoms with E-state index in [0.29, 0.717) is 4.34 Å². The van der Waals surface area contributed by atoms with E-state index in [9.17, 15) is 8.42 Å². The Bertz CT molecular complexity index is 649. The minimum Gasteiger partial charge on any atom is -0.496 e. The molecule has 1 heterocycles. The first-order chi connectivity index (χ1) is 8.50. The predicted molar refractivity (Wildman–Crippen MR) is 72.3 cm³/mol. The second kappa shape index (κ2) is 5.29. The fourth-order valence-corrected chi connectivity index (χ4v) is 4.29. The van der Waals surface area contributed by atoms with Crippen molar-refractivity contribution in [2.24, 2.45) is 0 Å². The maximum atomic E-state index is 11.4. The van der Waals surface area contributed by atoms with E-state index in [0.717, 1.165) is 22.0 Å². The van der Waals surface area contributed by atoms with Crippen LogP contribution in [-0.2, 0) is 9.84 Å². The van der Waals surface area contributed by atoms with E-state index in [1.165, 1.54) is 24.2 Å². The number of para-hydroxylation sites is 1. The zero-order valence-electron chi connectivity index (χ0n) is 9.78. The van der Waals surface area contributed by atoms with Crippen LogP contribution in [-0.4, -0.2) is 26.8 Å². The van der Waals surface area contributed by atoms with Crippen LogP contribution in [0.3, 0.4) is 0 Å². The second-order valence-corrected chi connectivity index (χ2v) is 8.03. The molecule has 0 atom stereocenters. The van der Waals surface area contributed by atoms with Crippen LogP contribution in [0, 0.1) is 0 Å². The predicted octanol–water partition coefficient (Wildman–Crippen LogP) is 2.71. The summed E-state index contributed by atoms with van der Waals surface area (Å²) in [6.07, 6.45) is 2.57. The number of thiazole rings is 1. The van der Waals surface area contributed by atoms with E-state index in [4.69, 9.17) is 4.74 Å². The Morgan fingerprint density at radius 2 is 2.06 bits per heavy atom. The molecule has 0 radical (unpaired) electrons. The quantitative estimate of drug-likeness (QED) is 0.869. The first-order valence-corrected chi connectivity index (χ1v) is 8.50. The van der Waals surface area contributed by atoms with Gasteiger partial charge in [-0.15, -0.1) is 0 Å². The summed E-state index contributed by atoms with van der Waals surface area (Å²) in [5, 5.41) is 0. The molecule has 0 saturated carbocycles. The fraction of sp³-hybridized carbons (Fsp3) is 0.182. The number of benzene rings is 1. The average Bonchev–Trinajstić information content (AvgIpc) is 2.78. The normalized spacial score (nSPS) is 11.4. The number of nitrogens with zero attached hydrogens (tertiary/aromatic N) is 1. The highest BCUT2D eigenvalue weighted by Crippen LogP contribution is 2.37. The summed E-state index contributed by atoms with van der Waals surface area (Å²) >= 11 is 2.56. The van der Waals surface area contributed by atoms with Gasteiger partial charge in [0.15, 0.2) is 14.2 Å². The summed E-state index contributed by atoms with van der Waals surface area (Å²) in [7, 11) is -1.58. The minimum absolute atomic E-state index is 0.278. The summed E-state index contributed by atoms with van der Waals surface area (Å²) in [6.45, 7) is 0. The van der Waals surface area contributed by atoms with Crippen LogP contribution in [0.5, 0.6) is 5.75 Å². The molecule has 0 aliphatic heterocycles. The SMILES string of the molecule is COc1ccccc1Sc1ncc(S(C)(=O)=O)s1. The third-order valence-corrected chi connectivity index (χ3v) is 6.01. The van der Waals surface area contributed by atoms with Gasteiger partial charge < -0.3 is 4.74 Å². The van der Waals surface area contributed by atoms with Gasteiger partial charge in [-0.3, -0.25) is 0 Å². The molecule has 2 rings (SSSR count). The molecule has 1 aromatic carbocycles. The Morgan fingerprint density at radius 3 is 2.67 bits per heavy atom. The highest BCUT2D eigenvalue weighted by Gasteiger charge is 2.13. The third-order valence-electron chi connectivity index (χ3n) is 2.10. The molecule has 0 aliphatic rings. The van der Waals surface area contributed by atoms with Crippen molar-refractivity contribution in [3.63, 3.8) is 0 Å². The highest BCUT2D eigenvalue weighted by atomic mass is 32.2. The number of sulfone groups is 1.